The van der Waals surface area contributed by atoms with E-state index in [0.29, 0.717) is 12.1 Å². The minimum absolute atomic E-state index is 0.219. The average molecular weight is 335 g/mol. The Hall–Kier alpha value is -2.50. The van der Waals surface area contributed by atoms with E-state index in [9.17, 15) is 18.0 Å². The Morgan fingerprint density at radius 2 is 1.83 bits per heavy atom. The van der Waals surface area contributed by atoms with Gasteiger partial charge < -0.3 is 9.64 Å². The third-order valence-corrected chi connectivity index (χ3v) is 4.00. The predicted octanol–water partition coefficient (Wildman–Crippen LogP) is 4.49. The highest BCUT2D eigenvalue weighted by molar-refractivity contribution is 6.07. The molecule has 0 aromatic heterocycles. The summed E-state index contributed by atoms with van der Waals surface area (Å²) < 4.78 is 40.4. The lowest BCUT2D eigenvalue weighted by atomic mass is 9.97. The second-order valence-electron chi connectivity index (χ2n) is 5.72. The van der Waals surface area contributed by atoms with E-state index >= 15 is 0 Å². The molecule has 0 unspecified atom stereocenters. The van der Waals surface area contributed by atoms with E-state index in [4.69, 9.17) is 0 Å². The van der Waals surface area contributed by atoms with Crippen LogP contribution in [-0.2, 0) is 6.42 Å². The molecule has 0 aliphatic carbocycles. The third-order valence-electron chi connectivity index (χ3n) is 4.00. The minimum Gasteiger partial charge on any atom is -0.406 e. The molecule has 0 saturated heterocycles. The van der Waals surface area contributed by atoms with Gasteiger partial charge in [0, 0.05) is 12.1 Å². The molecule has 0 N–H and O–H groups in total. The van der Waals surface area contributed by atoms with Crippen molar-refractivity contribution in [2.75, 3.05) is 11.4 Å². The molecular formula is C18H16F3NO2. The topological polar surface area (TPSA) is 29.5 Å². The summed E-state index contributed by atoms with van der Waals surface area (Å²) in [7, 11) is 0. The number of amides is 1. The number of para-hydroxylation sites is 1. The third kappa shape index (κ3) is 3.37. The first-order valence-electron chi connectivity index (χ1n) is 7.61. The summed E-state index contributed by atoms with van der Waals surface area (Å²) >= 11 is 0. The number of anilines is 1. The summed E-state index contributed by atoms with van der Waals surface area (Å²) in [5.41, 5.74) is 3.37. The normalized spacial score (nSPS) is 14.2. The Bertz CT molecular complexity index is 754. The van der Waals surface area contributed by atoms with Crippen LogP contribution in [0.3, 0.4) is 0 Å². The van der Waals surface area contributed by atoms with Crippen molar-refractivity contribution >= 4 is 11.6 Å². The number of ether oxygens (including phenoxy) is 1. The number of rotatable bonds is 2. The van der Waals surface area contributed by atoms with Crippen molar-refractivity contribution in [3.63, 3.8) is 0 Å². The van der Waals surface area contributed by atoms with E-state index in [0.717, 1.165) is 41.8 Å². The van der Waals surface area contributed by atoms with Gasteiger partial charge in [-0.25, -0.2) is 0 Å². The minimum atomic E-state index is -4.74. The fourth-order valence-corrected chi connectivity index (χ4v) is 3.01. The van der Waals surface area contributed by atoms with Crippen LogP contribution >= 0.6 is 0 Å². The van der Waals surface area contributed by atoms with Crippen molar-refractivity contribution in [1.29, 1.82) is 0 Å². The highest BCUT2D eigenvalue weighted by Gasteiger charge is 2.31. The molecule has 3 rings (SSSR count). The molecule has 0 bridgehead atoms. The van der Waals surface area contributed by atoms with Gasteiger partial charge in [-0.3, -0.25) is 4.79 Å². The van der Waals surface area contributed by atoms with Gasteiger partial charge in [-0.15, -0.1) is 13.2 Å². The summed E-state index contributed by atoms with van der Waals surface area (Å²) in [6.45, 7) is 2.54. The van der Waals surface area contributed by atoms with E-state index in [1.807, 2.05) is 25.1 Å². The van der Waals surface area contributed by atoms with E-state index in [1.165, 1.54) is 12.1 Å². The zero-order valence-corrected chi connectivity index (χ0v) is 13.1. The molecule has 1 aliphatic rings. The van der Waals surface area contributed by atoms with Gasteiger partial charge in [-0.2, -0.15) is 0 Å². The van der Waals surface area contributed by atoms with Gasteiger partial charge in [0.2, 0.25) is 0 Å². The highest BCUT2D eigenvalue weighted by atomic mass is 19.4. The van der Waals surface area contributed by atoms with Gasteiger partial charge in [0.25, 0.3) is 5.91 Å². The summed E-state index contributed by atoms with van der Waals surface area (Å²) in [6, 6.07) is 10.9. The van der Waals surface area contributed by atoms with Crippen LogP contribution in [0, 0.1) is 6.92 Å². The van der Waals surface area contributed by atoms with Gasteiger partial charge in [-0.1, -0.05) is 18.2 Å². The molecule has 0 saturated carbocycles. The molecule has 0 spiro atoms. The molecule has 0 atom stereocenters. The van der Waals surface area contributed by atoms with Crippen LogP contribution in [0.15, 0.2) is 42.5 Å². The van der Waals surface area contributed by atoms with Crippen molar-refractivity contribution in [2.24, 2.45) is 0 Å². The summed E-state index contributed by atoms with van der Waals surface area (Å²) in [5, 5.41) is 0. The Morgan fingerprint density at radius 1 is 1.12 bits per heavy atom. The van der Waals surface area contributed by atoms with E-state index in [-0.39, 0.29) is 11.7 Å². The SMILES string of the molecule is Cc1cccc2c1N(C(=O)c1ccc(OC(F)(F)F)cc1)CCC2. The van der Waals surface area contributed by atoms with Crippen LogP contribution in [0.1, 0.15) is 27.9 Å². The molecule has 126 valence electrons. The molecule has 24 heavy (non-hydrogen) atoms. The lowest BCUT2D eigenvalue weighted by Gasteiger charge is -2.31. The summed E-state index contributed by atoms with van der Waals surface area (Å²) in [4.78, 5) is 14.5. The second-order valence-corrected chi connectivity index (χ2v) is 5.72. The number of hydrogen-bond donors (Lipinski definition) is 0. The summed E-state index contributed by atoms with van der Waals surface area (Å²) in [5.74, 6) is -0.557. The number of carbonyl (C=O) groups excluding carboxylic acids is 1. The fourth-order valence-electron chi connectivity index (χ4n) is 3.01. The van der Waals surface area contributed by atoms with Crippen molar-refractivity contribution in [3.8, 4) is 5.75 Å². The van der Waals surface area contributed by atoms with Gasteiger partial charge in [0.1, 0.15) is 5.75 Å². The first kappa shape index (κ1) is 16.4. The van der Waals surface area contributed by atoms with Gasteiger partial charge >= 0.3 is 6.36 Å². The number of halogens is 3. The van der Waals surface area contributed by atoms with Crippen LogP contribution in [0.2, 0.25) is 0 Å². The van der Waals surface area contributed by atoms with Gasteiger partial charge in [-0.05, 0) is 55.2 Å². The number of carbonyl (C=O) groups is 1. The first-order valence-corrected chi connectivity index (χ1v) is 7.61. The number of nitrogens with zero attached hydrogens (tertiary/aromatic N) is 1. The number of benzene rings is 2. The lowest BCUT2D eigenvalue weighted by molar-refractivity contribution is -0.274. The molecule has 2 aromatic rings. The largest absolute Gasteiger partial charge is 0.573 e. The van der Waals surface area contributed by atoms with Crippen LogP contribution in [0.25, 0.3) is 0 Å². The Kier molecular flexibility index (Phi) is 4.22. The Labute approximate surface area is 137 Å². The smallest absolute Gasteiger partial charge is 0.406 e. The van der Waals surface area contributed by atoms with Crippen molar-refractivity contribution < 1.29 is 22.7 Å². The van der Waals surface area contributed by atoms with Crippen LogP contribution in [-0.4, -0.2) is 18.8 Å². The molecule has 1 heterocycles. The van der Waals surface area contributed by atoms with Crippen molar-refractivity contribution in [2.45, 2.75) is 26.1 Å². The Morgan fingerprint density at radius 3 is 2.50 bits per heavy atom. The maximum absolute atomic E-state index is 12.8. The number of hydrogen-bond acceptors (Lipinski definition) is 2. The first-order chi connectivity index (χ1) is 11.3. The molecule has 2 aromatic carbocycles. The van der Waals surface area contributed by atoms with Crippen molar-refractivity contribution in [1.82, 2.24) is 0 Å². The monoisotopic (exact) mass is 335 g/mol. The average Bonchev–Trinajstić information content (AvgIpc) is 2.53. The van der Waals surface area contributed by atoms with Crippen LogP contribution in [0.5, 0.6) is 5.75 Å². The molecule has 0 fully saturated rings. The Balaban J connectivity index is 1.86. The van der Waals surface area contributed by atoms with Crippen LogP contribution in [0.4, 0.5) is 18.9 Å². The van der Waals surface area contributed by atoms with Gasteiger partial charge in [0.05, 0.1) is 5.69 Å². The summed E-state index contributed by atoms with van der Waals surface area (Å²) in [6.07, 6.45) is -2.97. The van der Waals surface area contributed by atoms with Gasteiger partial charge in [0.15, 0.2) is 0 Å². The molecule has 3 nitrogen and oxygen atoms in total. The van der Waals surface area contributed by atoms with Crippen molar-refractivity contribution in [3.05, 3.63) is 59.2 Å². The standard InChI is InChI=1S/C18H16F3NO2/c1-12-4-2-5-13-6-3-11-22(16(12)13)17(23)14-7-9-15(10-8-14)24-18(19,20)21/h2,4-5,7-10H,3,6,11H2,1H3. The number of fused-ring (bicyclic) bond motifs is 1. The molecular weight excluding hydrogens is 319 g/mol. The van der Waals surface area contributed by atoms with E-state index in [1.54, 1.807) is 4.90 Å². The number of aryl methyl sites for hydroxylation is 2. The molecule has 1 aliphatic heterocycles. The molecule has 0 radical (unpaired) electrons. The quantitative estimate of drug-likeness (QED) is 0.809. The zero-order chi connectivity index (χ0) is 17.3. The fraction of sp³-hybridized carbons (Fsp3) is 0.278. The predicted molar refractivity (Wildman–Crippen MR) is 84.3 cm³/mol. The van der Waals surface area contributed by atoms with E-state index < -0.39 is 6.36 Å². The highest BCUT2D eigenvalue weighted by Crippen LogP contribution is 2.32. The van der Waals surface area contributed by atoms with Crippen LogP contribution < -0.4 is 9.64 Å². The maximum atomic E-state index is 12.8. The lowest BCUT2D eigenvalue weighted by Crippen LogP contribution is -2.36. The molecule has 6 heteroatoms. The zero-order valence-electron chi connectivity index (χ0n) is 13.1. The number of alkyl halides is 3. The molecule has 1 amide bonds. The second kappa shape index (κ2) is 6.19. The maximum Gasteiger partial charge on any atom is 0.573 e. The van der Waals surface area contributed by atoms with E-state index in [2.05, 4.69) is 4.74 Å².